The number of esters is 1. The highest BCUT2D eigenvalue weighted by atomic mass is 16.5. The first-order chi connectivity index (χ1) is 9.28. The predicted molar refractivity (Wildman–Crippen MR) is 61.5 cm³/mol. The van der Waals surface area contributed by atoms with Crippen LogP contribution in [-0.4, -0.2) is 36.4 Å². The summed E-state index contributed by atoms with van der Waals surface area (Å²) in [7, 11) is 1.31. The Labute approximate surface area is 108 Å². The summed E-state index contributed by atoms with van der Waals surface area (Å²) < 4.78 is 20.2. The summed E-state index contributed by atoms with van der Waals surface area (Å²) in [5, 5.41) is 3.91. The maximum absolute atomic E-state index is 11.3. The van der Waals surface area contributed by atoms with Crippen LogP contribution in [0.25, 0.3) is 11.7 Å². The maximum Gasteiger partial charge on any atom is 0.341 e. The van der Waals surface area contributed by atoms with Crippen molar-refractivity contribution in [2.24, 2.45) is 0 Å². The molecule has 0 amide bonds. The average molecular weight is 264 g/mol. The van der Waals surface area contributed by atoms with Crippen LogP contribution in [0.5, 0.6) is 0 Å². The van der Waals surface area contributed by atoms with E-state index in [9.17, 15) is 4.79 Å². The molecule has 7 heteroatoms. The lowest BCUT2D eigenvalue weighted by Gasteiger charge is -1.97. The summed E-state index contributed by atoms with van der Waals surface area (Å²) in [4.78, 5) is 15.6. The molecule has 0 N–H and O–H groups in total. The average Bonchev–Trinajstić information content (AvgIpc) is 3.14. The Balaban J connectivity index is 1.82. The third-order valence-electron chi connectivity index (χ3n) is 2.97. The van der Waals surface area contributed by atoms with Crippen LogP contribution in [0.3, 0.4) is 0 Å². The second kappa shape index (κ2) is 4.85. The van der Waals surface area contributed by atoms with Gasteiger partial charge in [-0.3, -0.25) is 0 Å². The zero-order chi connectivity index (χ0) is 13.2. The molecule has 19 heavy (non-hydrogen) atoms. The van der Waals surface area contributed by atoms with E-state index in [0.29, 0.717) is 30.4 Å². The van der Waals surface area contributed by atoms with Gasteiger partial charge in [0.1, 0.15) is 6.26 Å². The molecule has 0 unspecified atom stereocenters. The zero-order valence-corrected chi connectivity index (χ0v) is 10.3. The van der Waals surface area contributed by atoms with Gasteiger partial charge in [0.25, 0.3) is 5.89 Å². The molecule has 0 aromatic carbocycles. The van der Waals surface area contributed by atoms with E-state index in [1.807, 2.05) is 0 Å². The van der Waals surface area contributed by atoms with Gasteiger partial charge in [0.2, 0.25) is 0 Å². The van der Waals surface area contributed by atoms with Crippen molar-refractivity contribution in [1.82, 2.24) is 10.1 Å². The van der Waals surface area contributed by atoms with E-state index >= 15 is 0 Å². The summed E-state index contributed by atoms with van der Waals surface area (Å²) in [5.74, 6) is 0.880. The van der Waals surface area contributed by atoms with E-state index in [0.717, 1.165) is 6.42 Å². The quantitative estimate of drug-likeness (QED) is 0.778. The number of furan rings is 1. The Bertz CT molecular complexity index is 582. The Hall–Kier alpha value is -2.15. The highest BCUT2D eigenvalue weighted by Gasteiger charge is 2.24. The second-order valence-electron chi connectivity index (χ2n) is 4.21. The minimum absolute atomic E-state index is 0.160. The molecular weight excluding hydrogens is 252 g/mol. The number of hydrogen-bond acceptors (Lipinski definition) is 7. The molecule has 1 fully saturated rings. The molecule has 0 saturated carbocycles. The summed E-state index contributed by atoms with van der Waals surface area (Å²) in [5.41, 5.74) is 0.307. The third kappa shape index (κ3) is 2.24. The van der Waals surface area contributed by atoms with Crippen molar-refractivity contribution in [3.8, 4) is 11.7 Å². The lowest BCUT2D eigenvalue weighted by atomic mass is 10.1. The van der Waals surface area contributed by atoms with Gasteiger partial charge >= 0.3 is 5.97 Å². The first-order valence-corrected chi connectivity index (χ1v) is 5.86. The molecule has 1 aliphatic heterocycles. The molecule has 3 rings (SSSR count). The molecule has 2 aromatic rings. The molecule has 0 radical (unpaired) electrons. The molecule has 7 nitrogen and oxygen atoms in total. The minimum Gasteiger partial charge on any atom is -0.465 e. The number of carbonyl (C=O) groups excluding carboxylic acids is 1. The van der Waals surface area contributed by atoms with Crippen molar-refractivity contribution in [3.05, 3.63) is 23.7 Å². The monoisotopic (exact) mass is 264 g/mol. The lowest BCUT2D eigenvalue weighted by molar-refractivity contribution is 0.0600. The number of methoxy groups -OCH3 is 1. The summed E-state index contributed by atoms with van der Waals surface area (Å²) in [6, 6.07) is 1.51. The first kappa shape index (κ1) is 11.9. The van der Waals surface area contributed by atoms with Crippen LogP contribution in [0.2, 0.25) is 0 Å². The highest BCUT2D eigenvalue weighted by molar-refractivity contribution is 5.89. The summed E-state index contributed by atoms with van der Waals surface area (Å²) in [6.45, 7) is 1.31. The summed E-state index contributed by atoms with van der Waals surface area (Å²) >= 11 is 0. The van der Waals surface area contributed by atoms with Gasteiger partial charge in [0.15, 0.2) is 11.6 Å². The van der Waals surface area contributed by atoms with E-state index in [4.69, 9.17) is 13.7 Å². The molecule has 1 saturated heterocycles. The number of carbonyl (C=O) groups is 1. The van der Waals surface area contributed by atoms with Gasteiger partial charge in [-0.05, 0) is 6.42 Å². The molecule has 0 spiro atoms. The van der Waals surface area contributed by atoms with Crippen molar-refractivity contribution in [1.29, 1.82) is 0 Å². The standard InChI is InChI=1S/C12H12N2O5/c1-16-12(15)8-4-9(18-6-8)11-13-10(14-19-11)7-2-3-17-5-7/h4,6-7H,2-3,5H2,1H3/t7-/m0/s1. The van der Waals surface area contributed by atoms with Crippen LogP contribution < -0.4 is 0 Å². The van der Waals surface area contributed by atoms with Crippen molar-refractivity contribution >= 4 is 5.97 Å². The van der Waals surface area contributed by atoms with Crippen LogP contribution in [0.4, 0.5) is 0 Å². The fourth-order valence-corrected chi connectivity index (χ4v) is 1.91. The fourth-order valence-electron chi connectivity index (χ4n) is 1.91. The highest BCUT2D eigenvalue weighted by Crippen LogP contribution is 2.26. The van der Waals surface area contributed by atoms with Gasteiger partial charge in [-0.25, -0.2) is 4.79 Å². The number of hydrogen-bond donors (Lipinski definition) is 0. The summed E-state index contributed by atoms with van der Waals surface area (Å²) in [6.07, 6.45) is 2.17. The molecule has 3 heterocycles. The van der Waals surface area contributed by atoms with Gasteiger partial charge in [-0.2, -0.15) is 4.98 Å². The number of ether oxygens (including phenoxy) is 2. The van der Waals surface area contributed by atoms with Gasteiger partial charge in [0.05, 0.1) is 19.3 Å². The van der Waals surface area contributed by atoms with Gasteiger partial charge in [-0.1, -0.05) is 5.16 Å². The van der Waals surface area contributed by atoms with Crippen LogP contribution >= 0.6 is 0 Å². The number of rotatable bonds is 3. The van der Waals surface area contributed by atoms with E-state index in [2.05, 4.69) is 14.9 Å². The van der Waals surface area contributed by atoms with Crippen LogP contribution in [-0.2, 0) is 9.47 Å². The van der Waals surface area contributed by atoms with Crippen molar-refractivity contribution < 1.29 is 23.2 Å². The Kier molecular flexibility index (Phi) is 3.04. The lowest BCUT2D eigenvalue weighted by Crippen LogP contribution is -1.99. The van der Waals surface area contributed by atoms with E-state index in [1.54, 1.807) is 0 Å². The zero-order valence-electron chi connectivity index (χ0n) is 10.3. The molecule has 1 atom stereocenters. The molecule has 2 aromatic heterocycles. The first-order valence-electron chi connectivity index (χ1n) is 5.86. The Morgan fingerprint density at radius 2 is 2.42 bits per heavy atom. The van der Waals surface area contributed by atoms with E-state index in [-0.39, 0.29) is 11.8 Å². The SMILES string of the molecule is COC(=O)c1coc(-c2nc([C@H]3CCOC3)no2)c1. The Morgan fingerprint density at radius 1 is 1.53 bits per heavy atom. The maximum atomic E-state index is 11.3. The smallest absolute Gasteiger partial charge is 0.341 e. The molecule has 100 valence electrons. The molecule has 0 aliphatic carbocycles. The van der Waals surface area contributed by atoms with Crippen LogP contribution in [0, 0.1) is 0 Å². The third-order valence-corrected chi connectivity index (χ3v) is 2.97. The molecular formula is C12H12N2O5. The molecule has 0 bridgehead atoms. The van der Waals surface area contributed by atoms with Crippen molar-refractivity contribution in [3.63, 3.8) is 0 Å². The molecule has 1 aliphatic rings. The van der Waals surface area contributed by atoms with Gasteiger partial charge in [0, 0.05) is 18.6 Å². The van der Waals surface area contributed by atoms with Crippen LogP contribution in [0.15, 0.2) is 21.3 Å². The van der Waals surface area contributed by atoms with E-state index < -0.39 is 5.97 Å². The van der Waals surface area contributed by atoms with Crippen LogP contribution in [0.1, 0.15) is 28.5 Å². The van der Waals surface area contributed by atoms with Gasteiger partial charge < -0.3 is 18.4 Å². The normalized spacial score (nSPS) is 18.7. The predicted octanol–water partition coefficient (Wildman–Crippen LogP) is 1.62. The topological polar surface area (TPSA) is 87.6 Å². The minimum atomic E-state index is -0.473. The van der Waals surface area contributed by atoms with Crippen molar-refractivity contribution in [2.75, 3.05) is 20.3 Å². The number of nitrogens with zero attached hydrogens (tertiary/aromatic N) is 2. The second-order valence-corrected chi connectivity index (χ2v) is 4.21. The number of aromatic nitrogens is 2. The Morgan fingerprint density at radius 3 is 3.16 bits per heavy atom. The fraction of sp³-hybridized carbons (Fsp3) is 0.417. The largest absolute Gasteiger partial charge is 0.465 e. The van der Waals surface area contributed by atoms with Crippen molar-refractivity contribution in [2.45, 2.75) is 12.3 Å². The van der Waals surface area contributed by atoms with Gasteiger partial charge in [-0.15, -0.1) is 0 Å². The van der Waals surface area contributed by atoms with E-state index in [1.165, 1.54) is 19.4 Å².